The van der Waals surface area contributed by atoms with E-state index in [2.05, 4.69) is 9.97 Å². The predicted octanol–water partition coefficient (Wildman–Crippen LogP) is 2.42. The first-order chi connectivity index (χ1) is 12.9. The number of urea groups is 1. The summed E-state index contributed by atoms with van der Waals surface area (Å²) >= 11 is 0. The first-order valence-electron chi connectivity index (χ1n) is 8.74. The molecule has 2 aromatic rings. The van der Waals surface area contributed by atoms with Gasteiger partial charge in [0.15, 0.2) is 0 Å². The van der Waals surface area contributed by atoms with Crippen LogP contribution in [0.4, 0.5) is 15.0 Å². The summed E-state index contributed by atoms with van der Waals surface area (Å²) in [5.74, 6) is -0.201. The molecule has 142 valence electrons. The molecular weight excluding hydrogens is 349 g/mol. The molecule has 0 radical (unpaired) electrons. The van der Waals surface area contributed by atoms with Crippen molar-refractivity contribution in [1.29, 1.82) is 0 Å². The summed E-state index contributed by atoms with van der Waals surface area (Å²) in [7, 11) is 1.67. The van der Waals surface area contributed by atoms with Crippen molar-refractivity contribution in [3.05, 3.63) is 53.7 Å². The van der Waals surface area contributed by atoms with Gasteiger partial charge in [-0.15, -0.1) is 0 Å². The number of aromatic nitrogens is 2. The normalized spacial score (nSPS) is 19.6. The number of carbonyl (C=O) groups is 2. The molecule has 7 nitrogen and oxygen atoms in total. The van der Waals surface area contributed by atoms with Gasteiger partial charge in [-0.3, -0.25) is 9.69 Å². The van der Waals surface area contributed by atoms with Gasteiger partial charge in [0.2, 0.25) is 5.91 Å². The number of halogens is 1. The molecule has 2 heterocycles. The molecule has 2 atom stereocenters. The molecule has 27 heavy (non-hydrogen) atoms. The van der Waals surface area contributed by atoms with Crippen molar-refractivity contribution in [3.63, 3.8) is 0 Å². The van der Waals surface area contributed by atoms with Crippen LogP contribution in [0.25, 0.3) is 0 Å². The van der Waals surface area contributed by atoms with Crippen molar-refractivity contribution < 1.29 is 14.0 Å². The smallest absolute Gasteiger partial charge is 0.315 e. The molecule has 3 rings (SSSR count). The first-order valence-corrected chi connectivity index (χ1v) is 8.74. The number of aryl methyl sites for hydroxylation is 1. The van der Waals surface area contributed by atoms with E-state index in [0.717, 1.165) is 11.1 Å². The van der Waals surface area contributed by atoms with Gasteiger partial charge in [-0.2, -0.15) is 0 Å². The van der Waals surface area contributed by atoms with Crippen LogP contribution in [0.5, 0.6) is 0 Å². The van der Waals surface area contributed by atoms with Crippen LogP contribution in [0, 0.1) is 18.7 Å². The summed E-state index contributed by atoms with van der Waals surface area (Å²) in [6.07, 6.45) is 3.89. The second-order valence-electron chi connectivity index (χ2n) is 6.73. The largest absolute Gasteiger partial charge is 0.351 e. The number of nitrogens with zero attached hydrogens (tertiary/aromatic N) is 4. The van der Waals surface area contributed by atoms with E-state index in [9.17, 15) is 14.0 Å². The number of likely N-dealkylation sites (tertiary alicyclic amines) is 1. The van der Waals surface area contributed by atoms with Crippen LogP contribution in [0.2, 0.25) is 0 Å². The summed E-state index contributed by atoms with van der Waals surface area (Å²) in [6, 6.07) is 5.19. The number of amides is 3. The minimum Gasteiger partial charge on any atom is -0.351 e. The van der Waals surface area contributed by atoms with Crippen molar-refractivity contribution >= 4 is 17.8 Å². The topological polar surface area (TPSA) is 92.4 Å². The Morgan fingerprint density at radius 2 is 2.11 bits per heavy atom. The van der Waals surface area contributed by atoms with Crippen molar-refractivity contribution in [2.24, 2.45) is 11.7 Å². The lowest BCUT2D eigenvalue weighted by Crippen LogP contribution is -2.47. The Balaban J connectivity index is 1.86. The maximum absolute atomic E-state index is 13.5. The molecule has 3 amide bonds. The van der Waals surface area contributed by atoms with Gasteiger partial charge in [-0.25, -0.2) is 19.2 Å². The average Bonchev–Trinajstić information content (AvgIpc) is 2.67. The van der Waals surface area contributed by atoms with E-state index < -0.39 is 6.03 Å². The third kappa shape index (κ3) is 3.89. The Morgan fingerprint density at radius 1 is 1.33 bits per heavy atom. The van der Waals surface area contributed by atoms with E-state index in [1.54, 1.807) is 37.2 Å². The molecule has 1 saturated heterocycles. The Labute approximate surface area is 157 Å². The Bertz CT molecular complexity index is 845. The molecular formula is C19H22FN5O2. The molecule has 1 fully saturated rings. The van der Waals surface area contributed by atoms with E-state index in [-0.39, 0.29) is 23.7 Å². The standard InChI is InChI=1S/C19H22FN5O2/c1-12-9-14(20)3-4-15(12)16-10-13(6-8-25(16)19(21)27)18(26)24(2)17-5-7-22-11-23-17/h3-5,7,9,11,13,16H,6,8,10H2,1-2H3,(H2,21,27). The quantitative estimate of drug-likeness (QED) is 0.897. The minimum absolute atomic E-state index is 0.0809. The number of carbonyl (C=O) groups excluding carboxylic acids is 2. The third-order valence-electron chi connectivity index (χ3n) is 5.07. The molecule has 0 spiro atoms. The predicted molar refractivity (Wildman–Crippen MR) is 98.3 cm³/mol. The number of rotatable bonds is 3. The maximum Gasteiger partial charge on any atom is 0.315 e. The molecule has 1 aliphatic heterocycles. The van der Waals surface area contributed by atoms with Gasteiger partial charge in [0.05, 0.1) is 6.04 Å². The summed E-state index contributed by atoms with van der Waals surface area (Å²) in [5, 5.41) is 0. The van der Waals surface area contributed by atoms with Crippen molar-refractivity contribution in [2.75, 3.05) is 18.5 Å². The number of nitrogens with two attached hydrogens (primary N) is 1. The van der Waals surface area contributed by atoms with Crippen LogP contribution in [0.15, 0.2) is 36.8 Å². The van der Waals surface area contributed by atoms with Crippen LogP contribution in [0.3, 0.4) is 0 Å². The summed E-state index contributed by atoms with van der Waals surface area (Å²) in [6.45, 7) is 2.15. The highest BCUT2D eigenvalue weighted by atomic mass is 19.1. The molecule has 0 aliphatic carbocycles. The zero-order valence-corrected chi connectivity index (χ0v) is 15.3. The summed E-state index contributed by atoms with van der Waals surface area (Å²) in [5.41, 5.74) is 7.08. The lowest BCUT2D eigenvalue weighted by Gasteiger charge is -2.39. The number of primary amides is 1. The molecule has 2 N–H and O–H groups in total. The molecule has 1 aromatic carbocycles. The highest BCUT2D eigenvalue weighted by Crippen LogP contribution is 2.36. The van der Waals surface area contributed by atoms with E-state index in [0.29, 0.717) is 25.2 Å². The number of benzene rings is 1. The zero-order valence-electron chi connectivity index (χ0n) is 15.3. The van der Waals surface area contributed by atoms with Crippen molar-refractivity contribution in [2.45, 2.75) is 25.8 Å². The maximum atomic E-state index is 13.5. The monoisotopic (exact) mass is 371 g/mol. The SMILES string of the molecule is Cc1cc(F)ccc1C1CC(C(=O)N(C)c2ccncn2)CCN1C(N)=O. The number of anilines is 1. The third-order valence-corrected chi connectivity index (χ3v) is 5.07. The minimum atomic E-state index is -0.543. The Morgan fingerprint density at radius 3 is 2.74 bits per heavy atom. The van der Waals surface area contributed by atoms with Gasteiger partial charge in [-0.1, -0.05) is 6.07 Å². The zero-order chi connectivity index (χ0) is 19.6. The fourth-order valence-electron chi connectivity index (χ4n) is 3.63. The lowest BCUT2D eigenvalue weighted by molar-refractivity contribution is -0.124. The fraction of sp³-hybridized carbons (Fsp3) is 0.368. The van der Waals surface area contributed by atoms with Gasteiger partial charge in [0, 0.05) is 25.7 Å². The lowest BCUT2D eigenvalue weighted by atomic mass is 9.85. The van der Waals surface area contributed by atoms with Crippen LogP contribution in [0.1, 0.15) is 30.0 Å². The summed E-state index contributed by atoms with van der Waals surface area (Å²) in [4.78, 5) is 35.9. The fourth-order valence-corrected chi connectivity index (χ4v) is 3.63. The second kappa shape index (κ2) is 7.69. The molecule has 1 aliphatic rings. The molecule has 0 bridgehead atoms. The summed E-state index contributed by atoms with van der Waals surface area (Å²) < 4.78 is 13.5. The van der Waals surface area contributed by atoms with E-state index in [1.807, 2.05) is 0 Å². The first kappa shape index (κ1) is 18.8. The van der Waals surface area contributed by atoms with Gasteiger partial charge < -0.3 is 10.6 Å². The van der Waals surface area contributed by atoms with E-state index in [1.165, 1.54) is 23.4 Å². The van der Waals surface area contributed by atoms with Gasteiger partial charge in [0.25, 0.3) is 0 Å². The molecule has 0 saturated carbocycles. The van der Waals surface area contributed by atoms with E-state index in [4.69, 9.17) is 5.73 Å². The van der Waals surface area contributed by atoms with Crippen LogP contribution in [-0.2, 0) is 4.79 Å². The molecule has 8 heteroatoms. The highest BCUT2D eigenvalue weighted by molar-refractivity contribution is 5.93. The second-order valence-corrected chi connectivity index (χ2v) is 6.73. The van der Waals surface area contributed by atoms with Gasteiger partial charge in [-0.05, 0) is 49.1 Å². The van der Waals surface area contributed by atoms with Crippen LogP contribution < -0.4 is 10.6 Å². The highest BCUT2D eigenvalue weighted by Gasteiger charge is 2.37. The van der Waals surface area contributed by atoms with Gasteiger partial charge in [0.1, 0.15) is 18.0 Å². The average molecular weight is 371 g/mol. The molecule has 1 aromatic heterocycles. The van der Waals surface area contributed by atoms with Crippen LogP contribution in [-0.4, -0.2) is 40.4 Å². The Kier molecular flexibility index (Phi) is 5.34. The van der Waals surface area contributed by atoms with Crippen LogP contribution >= 0.6 is 0 Å². The number of hydrogen-bond acceptors (Lipinski definition) is 4. The molecule has 2 unspecified atom stereocenters. The number of hydrogen-bond donors (Lipinski definition) is 1. The van der Waals surface area contributed by atoms with E-state index >= 15 is 0 Å². The Hall–Kier alpha value is -3.03. The number of piperidine rings is 1. The van der Waals surface area contributed by atoms with Gasteiger partial charge >= 0.3 is 6.03 Å². The van der Waals surface area contributed by atoms with Crippen molar-refractivity contribution in [1.82, 2.24) is 14.9 Å². The van der Waals surface area contributed by atoms with Crippen molar-refractivity contribution in [3.8, 4) is 0 Å².